The number of anilines is 1. The molecule has 1 amide bonds. The average molecular weight is 317 g/mol. The lowest BCUT2D eigenvalue weighted by molar-refractivity contribution is 0.0987. The van der Waals surface area contributed by atoms with Crippen LogP contribution >= 0.6 is 15.9 Å². The van der Waals surface area contributed by atoms with Crippen LogP contribution in [0.2, 0.25) is 0 Å². The van der Waals surface area contributed by atoms with E-state index in [0.29, 0.717) is 5.56 Å². The highest BCUT2D eigenvalue weighted by Crippen LogP contribution is 2.27. The number of hydrazone groups is 1. The minimum Gasteiger partial charge on any atom is -0.267 e. The Morgan fingerprint density at radius 2 is 1.74 bits per heavy atom. The highest BCUT2D eigenvalue weighted by atomic mass is 79.9. The third-order valence-corrected chi connectivity index (χ3v) is 3.20. The maximum Gasteiger partial charge on any atom is 0.278 e. The van der Waals surface area contributed by atoms with E-state index in [-0.39, 0.29) is 5.91 Å². The van der Waals surface area contributed by atoms with E-state index in [2.05, 4.69) is 21.0 Å². The van der Waals surface area contributed by atoms with Crippen molar-refractivity contribution in [2.24, 2.45) is 5.10 Å². The van der Waals surface area contributed by atoms with Gasteiger partial charge in [-0.25, -0.2) is 0 Å². The van der Waals surface area contributed by atoms with Gasteiger partial charge >= 0.3 is 0 Å². The molecule has 0 aliphatic rings. The van der Waals surface area contributed by atoms with Crippen LogP contribution < -0.4 is 5.01 Å². The molecule has 0 radical (unpaired) electrons. The summed E-state index contributed by atoms with van der Waals surface area (Å²) in [4.78, 5) is 12.5. The number of hydrogen-bond donors (Lipinski definition) is 0. The number of halogens is 1. The molecular weight excluding hydrogens is 304 g/mol. The first-order valence-electron chi connectivity index (χ1n) is 5.86. The van der Waals surface area contributed by atoms with Gasteiger partial charge in [0, 0.05) is 16.3 Å². The number of nitrogens with zero attached hydrogens (tertiary/aromatic N) is 2. The van der Waals surface area contributed by atoms with Gasteiger partial charge in [-0.3, -0.25) is 4.79 Å². The van der Waals surface area contributed by atoms with Crippen molar-refractivity contribution in [2.45, 2.75) is 6.92 Å². The fourth-order valence-electron chi connectivity index (χ4n) is 1.67. The van der Waals surface area contributed by atoms with Gasteiger partial charge in [-0.05, 0) is 47.1 Å². The van der Waals surface area contributed by atoms with Gasteiger partial charge in [0.05, 0.1) is 5.69 Å². The first-order chi connectivity index (χ1) is 9.24. The standard InChI is InChI=1S/C15H13BrN2O/c1-2-17-18(14-11-7-6-10-13(14)16)15(19)12-8-4-3-5-9-12/h2-11H,1H3. The third-order valence-electron chi connectivity index (χ3n) is 2.52. The summed E-state index contributed by atoms with van der Waals surface area (Å²) in [5.41, 5.74) is 1.32. The molecule has 0 aliphatic carbocycles. The van der Waals surface area contributed by atoms with E-state index in [1.165, 1.54) is 5.01 Å². The molecule has 2 aromatic carbocycles. The van der Waals surface area contributed by atoms with Gasteiger partial charge in [0.1, 0.15) is 0 Å². The summed E-state index contributed by atoms with van der Waals surface area (Å²) in [6.45, 7) is 1.78. The Balaban J connectivity index is 2.42. The molecule has 0 N–H and O–H groups in total. The van der Waals surface area contributed by atoms with Gasteiger partial charge in [0.15, 0.2) is 0 Å². The second-order valence-corrected chi connectivity index (χ2v) is 4.66. The van der Waals surface area contributed by atoms with Crippen molar-refractivity contribution in [3.63, 3.8) is 0 Å². The van der Waals surface area contributed by atoms with Crippen LogP contribution in [0.4, 0.5) is 5.69 Å². The fourth-order valence-corrected chi connectivity index (χ4v) is 2.12. The van der Waals surface area contributed by atoms with Crippen molar-refractivity contribution in [2.75, 3.05) is 5.01 Å². The largest absolute Gasteiger partial charge is 0.278 e. The normalized spacial score (nSPS) is 10.6. The van der Waals surface area contributed by atoms with Crippen LogP contribution in [0.15, 0.2) is 64.2 Å². The number of hydrogen-bond acceptors (Lipinski definition) is 2. The molecule has 0 atom stereocenters. The Bertz CT molecular complexity index is 596. The Morgan fingerprint density at radius 3 is 2.37 bits per heavy atom. The van der Waals surface area contributed by atoms with E-state index in [0.717, 1.165) is 10.2 Å². The summed E-state index contributed by atoms with van der Waals surface area (Å²) < 4.78 is 0.824. The predicted molar refractivity (Wildman–Crippen MR) is 81.6 cm³/mol. The quantitative estimate of drug-likeness (QED) is 0.619. The molecule has 2 rings (SSSR count). The van der Waals surface area contributed by atoms with Gasteiger partial charge in [-0.1, -0.05) is 30.3 Å². The van der Waals surface area contributed by atoms with E-state index in [1.807, 2.05) is 42.5 Å². The van der Waals surface area contributed by atoms with Gasteiger partial charge in [0.25, 0.3) is 5.91 Å². The molecule has 0 heterocycles. The highest BCUT2D eigenvalue weighted by molar-refractivity contribution is 9.10. The Morgan fingerprint density at radius 1 is 1.11 bits per heavy atom. The summed E-state index contributed by atoms with van der Waals surface area (Å²) in [6, 6.07) is 16.6. The zero-order chi connectivity index (χ0) is 13.7. The molecule has 0 bridgehead atoms. The summed E-state index contributed by atoms with van der Waals surface area (Å²) in [6.07, 6.45) is 1.60. The first-order valence-corrected chi connectivity index (χ1v) is 6.66. The second-order valence-electron chi connectivity index (χ2n) is 3.81. The number of carbonyl (C=O) groups excluding carboxylic acids is 1. The molecule has 0 spiro atoms. The van der Waals surface area contributed by atoms with E-state index >= 15 is 0 Å². The topological polar surface area (TPSA) is 32.7 Å². The summed E-state index contributed by atoms with van der Waals surface area (Å²) in [5.74, 6) is -0.161. The van der Waals surface area contributed by atoms with Crippen molar-refractivity contribution < 1.29 is 4.79 Å². The van der Waals surface area contributed by atoms with Gasteiger partial charge < -0.3 is 0 Å². The zero-order valence-electron chi connectivity index (χ0n) is 10.5. The van der Waals surface area contributed by atoms with E-state index < -0.39 is 0 Å². The zero-order valence-corrected chi connectivity index (χ0v) is 12.0. The number of para-hydroxylation sites is 1. The molecule has 0 fully saturated rings. The number of benzene rings is 2. The number of carbonyl (C=O) groups is 1. The average Bonchev–Trinajstić information content (AvgIpc) is 2.46. The minimum atomic E-state index is -0.161. The van der Waals surface area contributed by atoms with E-state index in [4.69, 9.17) is 0 Å². The molecule has 19 heavy (non-hydrogen) atoms. The molecule has 3 nitrogen and oxygen atoms in total. The van der Waals surface area contributed by atoms with Gasteiger partial charge in [0.2, 0.25) is 0 Å². The summed E-state index contributed by atoms with van der Waals surface area (Å²) in [5, 5.41) is 5.55. The number of amides is 1. The molecule has 0 unspecified atom stereocenters. The van der Waals surface area contributed by atoms with Crippen LogP contribution in [0, 0.1) is 0 Å². The third kappa shape index (κ3) is 3.09. The lowest BCUT2D eigenvalue weighted by atomic mass is 10.2. The Labute approximate surface area is 120 Å². The van der Waals surface area contributed by atoms with Crippen molar-refractivity contribution >= 4 is 33.7 Å². The van der Waals surface area contributed by atoms with Crippen LogP contribution in [-0.4, -0.2) is 12.1 Å². The van der Waals surface area contributed by atoms with Crippen LogP contribution in [-0.2, 0) is 0 Å². The fraction of sp³-hybridized carbons (Fsp3) is 0.0667. The Kier molecular flexibility index (Phi) is 4.47. The van der Waals surface area contributed by atoms with E-state index in [9.17, 15) is 4.79 Å². The van der Waals surface area contributed by atoms with E-state index in [1.54, 1.807) is 25.3 Å². The molecule has 4 heteroatoms. The summed E-state index contributed by atoms with van der Waals surface area (Å²) in [7, 11) is 0. The molecule has 0 saturated carbocycles. The number of rotatable bonds is 3. The maximum atomic E-state index is 12.5. The lowest BCUT2D eigenvalue weighted by Crippen LogP contribution is -2.25. The SMILES string of the molecule is CC=NN(C(=O)c1ccccc1)c1ccccc1Br. The van der Waals surface area contributed by atoms with Gasteiger partial charge in [-0.2, -0.15) is 10.1 Å². The monoisotopic (exact) mass is 316 g/mol. The van der Waals surface area contributed by atoms with Crippen molar-refractivity contribution in [1.29, 1.82) is 0 Å². The summed E-state index contributed by atoms with van der Waals surface area (Å²) >= 11 is 3.44. The lowest BCUT2D eigenvalue weighted by Gasteiger charge is -2.18. The van der Waals surface area contributed by atoms with Crippen LogP contribution in [0.1, 0.15) is 17.3 Å². The maximum absolute atomic E-state index is 12.5. The van der Waals surface area contributed by atoms with Crippen LogP contribution in [0.5, 0.6) is 0 Å². The molecular formula is C15H13BrN2O. The molecule has 0 aliphatic heterocycles. The molecule has 0 aromatic heterocycles. The predicted octanol–water partition coefficient (Wildman–Crippen LogP) is 4.10. The highest BCUT2D eigenvalue weighted by Gasteiger charge is 2.18. The molecule has 2 aromatic rings. The van der Waals surface area contributed by atoms with Crippen molar-refractivity contribution in [3.8, 4) is 0 Å². The van der Waals surface area contributed by atoms with Crippen molar-refractivity contribution in [3.05, 3.63) is 64.6 Å². The van der Waals surface area contributed by atoms with Crippen LogP contribution in [0.3, 0.4) is 0 Å². The molecule has 96 valence electrons. The Hall–Kier alpha value is -1.94. The molecule has 0 saturated heterocycles. The van der Waals surface area contributed by atoms with Crippen molar-refractivity contribution in [1.82, 2.24) is 0 Å². The second kappa shape index (κ2) is 6.29. The smallest absolute Gasteiger partial charge is 0.267 e. The first kappa shape index (κ1) is 13.5. The van der Waals surface area contributed by atoms with Gasteiger partial charge in [-0.15, -0.1) is 0 Å². The minimum absolute atomic E-state index is 0.161. The van der Waals surface area contributed by atoms with Crippen LogP contribution in [0.25, 0.3) is 0 Å².